The summed E-state index contributed by atoms with van der Waals surface area (Å²) >= 11 is 5.56. The lowest BCUT2D eigenvalue weighted by molar-refractivity contribution is -0.136. The number of hydrogen-bond donors (Lipinski definition) is 1. The first-order valence-corrected chi connectivity index (χ1v) is 5.00. The van der Waals surface area contributed by atoms with E-state index in [2.05, 4.69) is 21.6 Å². The van der Waals surface area contributed by atoms with Gasteiger partial charge < -0.3 is 9.84 Å². The van der Waals surface area contributed by atoms with Gasteiger partial charge >= 0.3 is 11.9 Å². The summed E-state index contributed by atoms with van der Waals surface area (Å²) in [5.74, 6) is 2.62. The molecule has 0 aliphatic heterocycles. The van der Waals surface area contributed by atoms with Crippen molar-refractivity contribution in [1.82, 2.24) is 4.98 Å². The Morgan fingerprint density at radius 1 is 1.59 bits per heavy atom. The van der Waals surface area contributed by atoms with Crippen molar-refractivity contribution < 1.29 is 19.4 Å². The number of carboxylic acids is 1. The molecule has 0 unspecified atom stereocenters. The first kappa shape index (κ1) is 13.0. The minimum atomic E-state index is -1.19. The third kappa shape index (κ3) is 3.78. The number of halogens is 1. The van der Waals surface area contributed by atoms with E-state index in [1.54, 1.807) is 6.92 Å². The maximum absolute atomic E-state index is 11.0. The fourth-order valence-electron chi connectivity index (χ4n) is 0.992. The van der Waals surface area contributed by atoms with Crippen LogP contribution in [-0.4, -0.2) is 28.6 Å². The molecule has 0 aliphatic rings. The van der Waals surface area contributed by atoms with Gasteiger partial charge in [0.15, 0.2) is 0 Å². The summed E-state index contributed by atoms with van der Waals surface area (Å²) in [6.45, 7) is 1.85. The van der Waals surface area contributed by atoms with Crippen LogP contribution in [0.15, 0.2) is 12.3 Å². The Morgan fingerprint density at radius 2 is 2.29 bits per heavy atom. The van der Waals surface area contributed by atoms with Gasteiger partial charge in [-0.05, 0) is 13.0 Å². The van der Waals surface area contributed by atoms with Gasteiger partial charge in [-0.1, -0.05) is 17.5 Å². The fraction of sp³-hybridized carbons (Fsp3) is 0.182. The van der Waals surface area contributed by atoms with Crippen LogP contribution in [0, 0.1) is 11.8 Å². The second-order valence-corrected chi connectivity index (χ2v) is 3.22. The van der Waals surface area contributed by atoms with Crippen LogP contribution >= 0.6 is 11.6 Å². The van der Waals surface area contributed by atoms with Crippen molar-refractivity contribution in [3.8, 4) is 11.8 Å². The number of hydrogen-bond acceptors (Lipinski definition) is 4. The maximum Gasteiger partial charge on any atom is 0.384 e. The average Bonchev–Trinajstić information content (AvgIpc) is 2.27. The molecule has 88 valence electrons. The summed E-state index contributed by atoms with van der Waals surface area (Å²) in [6.07, 6.45) is 1.19. The van der Waals surface area contributed by atoms with Gasteiger partial charge in [-0.25, -0.2) is 14.6 Å². The molecule has 0 radical (unpaired) electrons. The van der Waals surface area contributed by atoms with Crippen LogP contribution in [0.5, 0.6) is 0 Å². The summed E-state index contributed by atoms with van der Waals surface area (Å²) < 4.78 is 4.58. The van der Waals surface area contributed by atoms with Gasteiger partial charge in [-0.3, -0.25) is 0 Å². The summed E-state index contributed by atoms with van der Waals surface area (Å²) in [6, 6.07) is 1.17. The molecule has 0 amide bonds. The number of aromatic carboxylic acids is 1. The van der Waals surface area contributed by atoms with Gasteiger partial charge in [0.25, 0.3) is 0 Å². The molecule has 0 saturated carbocycles. The number of nitrogens with zero attached hydrogens (tertiary/aromatic N) is 1. The zero-order valence-electron chi connectivity index (χ0n) is 8.86. The zero-order chi connectivity index (χ0) is 12.8. The van der Waals surface area contributed by atoms with Crippen molar-refractivity contribution in [1.29, 1.82) is 0 Å². The summed E-state index contributed by atoms with van der Waals surface area (Å²) in [7, 11) is 0. The van der Waals surface area contributed by atoms with E-state index in [1.165, 1.54) is 12.3 Å². The summed E-state index contributed by atoms with van der Waals surface area (Å²) in [5.41, 5.74) is -0.00301. The predicted octanol–water partition coefficient (Wildman–Crippen LogP) is 1.35. The van der Waals surface area contributed by atoms with Gasteiger partial charge in [0.2, 0.25) is 0 Å². The highest BCUT2D eigenvalue weighted by molar-refractivity contribution is 6.29. The molecule has 17 heavy (non-hydrogen) atoms. The first-order chi connectivity index (χ1) is 8.04. The molecule has 1 heterocycles. The normalized spacial score (nSPS) is 9.06. The smallest absolute Gasteiger partial charge is 0.384 e. The number of aromatic nitrogens is 1. The molecule has 0 aliphatic carbocycles. The highest BCUT2D eigenvalue weighted by Crippen LogP contribution is 2.12. The Balaban J connectivity index is 3.06. The zero-order valence-corrected chi connectivity index (χ0v) is 9.61. The van der Waals surface area contributed by atoms with Crippen LogP contribution in [0.25, 0.3) is 0 Å². The molecule has 1 N–H and O–H groups in total. The van der Waals surface area contributed by atoms with E-state index >= 15 is 0 Å². The van der Waals surface area contributed by atoms with Crippen LogP contribution in [0.1, 0.15) is 22.8 Å². The molecule has 0 aromatic carbocycles. The monoisotopic (exact) mass is 253 g/mol. The van der Waals surface area contributed by atoms with Crippen LogP contribution in [0.2, 0.25) is 5.15 Å². The Labute approximate surface area is 102 Å². The third-order valence-electron chi connectivity index (χ3n) is 1.68. The molecule has 1 aromatic rings. The van der Waals surface area contributed by atoms with Gasteiger partial charge in [0, 0.05) is 12.1 Å². The molecule has 1 rings (SSSR count). The van der Waals surface area contributed by atoms with E-state index in [0.717, 1.165) is 0 Å². The Bertz CT molecular complexity index is 516. The largest absolute Gasteiger partial charge is 0.478 e. The van der Waals surface area contributed by atoms with Gasteiger partial charge in [0.05, 0.1) is 17.7 Å². The second-order valence-electron chi connectivity index (χ2n) is 2.83. The van der Waals surface area contributed by atoms with E-state index in [0.29, 0.717) is 0 Å². The van der Waals surface area contributed by atoms with Gasteiger partial charge in [-0.2, -0.15) is 0 Å². The predicted molar refractivity (Wildman–Crippen MR) is 59.7 cm³/mol. The molecule has 0 saturated heterocycles. The van der Waals surface area contributed by atoms with E-state index in [1.807, 2.05) is 0 Å². The van der Waals surface area contributed by atoms with Crippen molar-refractivity contribution >= 4 is 23.5 Å². The van der Waals surface area contributed by atoms with Crippen LogP contribution < -0.4 is 0 Å². The molecule has 0 bridgehead atoms. The molecule has 0 atom stereocenters. The second kappa shape index (κ2) is 5.87. The SMILES string of the molecule is CCOC(=O)C#Cc1cnc(Cl)cc1C(=O)O. The fourth-order valence-corrected chi connectivity index (χ4v) is 1.15. The standard InChI is InChI=1S/C11H8ClNO4/c1-2-17-10(14)4-3-7-6-13-9(12)5-8(7)11(15)16/h5-6H,2H2,1H3,(H,15,16). The van der Waals surface area contributed by atoms with Crippen molar-refractivity contribution in [2.24, 2.45) is 0 Å². The highest BCUT2D eigenvalue weighted by atomic mass is 35.5. The van der Waals surface area contributed by atoms with Crippen molar-refractivity contribution in [2.45, 2.75) is 6.92 Å². The number of carbonyl (C=O) groups excluding carboxylic acids is 1. The average molecular weight is 254 g/mol. The first-order valence-electron chi connectivity index (χ1n) is 4.62. The lowest BCUT2D eigenvalue weighted by Gasteiger charge is -1.98. The molecular formula is C11H8ClNO4. The molecular weight excluding hydrogens is 246 g/mol. The molecule has 0 fully saturated rings. The molecule has 0 spiro atoms. The topological polar surface area (TPSA) is 76.5 Å². The summed E-state index contributed by atoms with van der Waals surface area (Å²) in [4.78, 5) is 25.5. The van der Waals surface area contributed by atoms with Crippen molar-refractivity contribution in [3.63, 3.8) is 0 Å². The lowest BCUT2D eigenvalue weighted by atomic mass is 10.1. The number of ether oxygens (including phenoxy) is 1. The van der Waals surface area contributed by atoms with Crippen LogP contribution in [0.3, 0.4) is 0 Å². The third-order valence-corrected chi connectivity index (χ3v) is 1.88. The Morgan fingerprint density at radius 3 is 2.88 bits per heavy atom. The Hall–Kier alpha value is -2.06. The molecule has 1 aromatic heterocycles. The Kier molecular flexibility index (Phi) is 4.49. The number of pyridine rings is 1. The van der Waals surface area contributed by atoms with E-state index in [9.17, 15) is 9.59 Å². The van der Waals surface area contributed by atoms with E-state index < -0.39 is 11.9 Å². The molecule has 6 heteroatoms. The number of esters is 1. The minimum Gasteiger partial charge on any atom is -0.478 e. The molecule has 5 nitrogen and oxygen atoms in total. The maximum atomic E-state index is 11.0. The number of carbonyl (C=O) groups is 2. The van der Waals surface area contributed by atoms with Crippen LogP contribution in [-0.2, 0) is 9.53 Å². The lowest BCUT2D eigenvalue weighted by Crippen LogP contribution is -2.03. The van der Waals surface area contributed by atoms with E-state index in [-0.39, 0.29) is 22.9 Å². The number of rotatable bonds is 2. The van der Waals surface area contributed by atoms with Crippen molar-refractivity contribution in [2.75, 3.05) is 6.61 Å². The summed E-state index contributed by atoms with van der Waals surface area (Å²) in [5, 5.41) is 8.93. The van der Waals surface area contributed by atoms with Gasteiger partial charge in [0.1, 0.15) is 5.15 Å². The van der Waals surface area contributed by atoms with E-state index in [4.69, 9.17) is 16.7 Å². The quantitative estimate of drug-likeness (QED) is 0.489. The van der Waals surface area contributed by atoms with Crippen LogP contribution in [0.4, 0.5) is 0 Å². The highest BCUT2D eigenvalue weighted by Gasteiger charge is 2.10. The van der Waals surface area contributed by atoms with Gasteiger partial charge in [-0.15, -0.1) is 0 Å². The minimum absolute atomic E-state index is 0.0454. The number of carboxylic acid groups (broad SMARTS) is 1. The van der Waals surface area contributed by atoms with Crippen molar-refractivity contribution in [3.05, 3.63) is 28.5 Å².